The highest BCUT2D eigenvalue weighted by Crippen LogP contribution is 2.17. The number of aryl methyl sites for hydroxylation is 1. The van der Waals surface area contributed by atoms with Crippen molar-refractivity contribution >= 4 is 23.5 Å². The lowest BCUT2D eigenvalue weighted by molar-refractivity contribution is 1.08. The lowest BCUT2D eigenvalue weighted by Gasteiger charge is -2.07. The molecule has 0 radical (unpaired) electrons. The number of aromatic nitrogens is 3. The van der Waals surface area contributed by atoms with Crippen molar-refractivity contribution in [3.63, 3.8) is 0 Å². The summed E-state index contributed by atoms with van der Waals surface area (Å²) in [6.45, 7) is 1.98. The van der Waals surface area contributed by atoms with Crippen LogP contribution in [0.3, 0.4) is 0 Å². The van der Waals surface area contributed by atoms with E-state index in [9.17, 15) is 0 Å². The number of anilines is 4. The van der Waals surface area contributed by atoms with Crippen molar-refractivity contribution in [3.05, 3.63) is 29.8 Å². The van der Waals surface area contributed by atoms with E-state index in [1.807, 2.05) is 31.2 Å². The van der Waals surface area contributed by atoms with E-state index in [0.29, 0.717) is 5.95 Å². The Morgan fingerprint density at radius 2 is 1.62 bits per heavy atom. The first kappa shape index (κ1) is 10.2. The van der Waals surface area contributed by atoms with Gasteiger partial charge in [-0.25, -0.2) is 0 Å². The molecule has 2 aromatic rings. The molecule has 0 amide bonds. The fourth-order valence-electron chi connectivity index (χ4n) is 1.30. The molecule has 0 aliphatic rings. The number of nitrogens with one attached hydrogen (secondary N) is 1. The summed E-state index contributed by atoms with van der Waals surface area (Å²) in [6.07, 6.45) is 0. The van der Waals surface area contributed by atoms with E-state index in [4.69, 9.17) is 11.5 Å². The minimum Gasteiger partial charge on any atom is -0.368 e. The third-order valence-electron chi connectivity index (χ3n) is 2.06. The Kier molecular flexibility index (Phi) is 2.55. The molecule has 1 aromatic carbocycles. The molecule has 16 heavy (non-hydrogen) atoms. The zero-order valence-corrected chi connectivity index (χ0v) is 8.81. The molecule has 0 saturated heterocycles. The Morgan fingerprint density at radius 3 is 2.25 bits per heavy atom. The van der Waals surface area contributed by atoms with Crippen molar-refractivity contribution in [1.29, 1.82) is 0 Å². The minimum atomic E-state index is 0.101. The average Bonchev–Trinajstić information content (AvgIpc) is 2.20. The summed E-state index contributed by atoms with van der Waals surface area (Å²) in [6, 6.07) is 7.78. The van der Waals surface area contributed by atoms with Gasteiger partial charge in [0.1, 0.15) is 0 Å². The number of nitrogens with zero attached hydrogens (tertiary/aromatic N) is 3. The van der Waals surface area contributed by atoms with Crippen LogP contribution in [0.1, 0.15) is 5.56 Å². The smallest absolute Gasteiger partial charge is 0.233 e. The maximum Gasteiger partial charge on any atom is 0.233 e. The molecule has 0 saturated carbocycles. The summed E-state index contributed by atoms with van der Waals surface area (Å²) in [4.78, 5) is 11.6. The van der Waals surface area contributed by atoms with Gasteiger partial charge in [-0.1, -0.05) is 18.2 Å². The Bertz CT molecular complexity index is 490. The fraction of sp³-hybridized carbons (Fsp3) is 0.100. The summed E-state index contributed by atoms with van der Waals surface area (Å²) in [5.41, 5.74) is 12.9. The van der Waals surface area contributed by atoms with Crippen LogP contribution < -0.4 is 16.8 Å². The molecule has 6 heteroatoms. The van der Waals surface area contributed by atoms with Gasteiger partial charge in [0.2, 0.25) is 17.8 Å². The van der Waals surface area contributed by atoms with Gasteiger partial charge in [-0.05, 0) is 18.6 Å². The quantitative estimate of drug-likeness (QED) is 0.694. The second kappa shape index (κ2) is 4.01. The number of benzene rings is 1. The van der Waals surface area contributed by atoms with Crippen LogP contribution in [-0.4, -0.2) is 15.0 Å². The Balaban J connectivity index is 2.30. The molecule has 6 nitrogen and oxygen atoms in total. The number of nitrogen functional groups attached to an aromatic ring is 2. The maximum absolute atomic E-state index is 5.47. The van der Waals surface area contributed by atoms with Gasteiger partial charge in [0.25, 0.3) is 0 Å². The third kappa shape index (κ3) is 2.17. The molecular weight excluding hydrogens is 204 g/mol. The first-order valence-electron chi connectivity index (χ1n) is 4.75. The highest BCUT2D eigenvalue weighted by atomic mass is 15.2. The van der Waals surface area contributed by atoms with E-state index in [-0.39, 0.29) is 11.9 Å². The largest absolute Gasteiger partial charge is 0.368 e. The summed E-state index contributed by atoms with van der Waals surface area (Å²) < 4.78 is 0. The second-order valence-electron chi connectivity index (χ2n) is 3.32. The van der Waals surface area contributed by atoms with Crippen molar-refractivity contribution < 1.29 is 0 Å². The number of nitrogens with two attached hydrogens (primary N) is 2. The summed E-state index contributed by atoms with van der Waals surface area (Å²) in [5, 5.41) is 3.03. The van der Waals surface area contributed by atoms with Gasteiger partial charge in [0.05, 0.1) is 0 Å². The van der Waals surface area contributed by atoms with Crippen LogP contribution in [0.4, 0.5) is 23.5 Å². The molecule has 0 bridgehead atoms. The minimum absolute atomic E-state index is 0.101. The first-order valence-corrected chi connectivity index (χ1v) is 4.75. The molecule has 0 atom stereocenters. The fourth-order valence-corrected chi connectivity index (χ4v) is 1.30. The van der Waals surface area contributed by atoms with E-state index in [0.717, 1.165) is 11.3 Å². The highest BCUT2D eigenvalue weighted by Gasteiger charge is 2.03. The lowest BCUT2D eigenvalue weighted by atomic mass is 10.2. The molecule has 0 unspecified atom stereocenters. The summed E-state index contributed by atoms with van der Waals surface area (Å²) in [5.74, 6) is 0.548. The number of hydrogen-bond donors (Lipinski definition) is 3. The second-order valence-corrected chi connectivity index (χ2v) is 3.32. The highest BCUT2D eigenvalue weighted by molar-refractivity contribution is 5.58. The van der Waals surface area contributed by atoms with Gasteiger partial charge in [0, 0.05) is 5.69 Å². The van der Waals surface area contributed by atoms with Crippen LogP contribution in [0.25, 0.3) is 0 Å². The van der Waals surface area contributed by atoms with E-state index in [1.54, 1.807) is 0 Å². The van der Waals surface area contributed by atoms with Gasteiger partial charge in [-0.2, -0.15) is 15.0 Å². The van der Waals surface area contributed by atoms with Gasteiger partial charge in [0.15, 0.2) is 0 Å². The third-order valence-corrected chi connectivity index (χ3v) is 2.06. The van der Waals surface area contributed by atoms with Crippen molar-refractivity contribution in [1.82, 2.24) is 15.0 Å². The standard InChI is InChI=1S/C10H12N6/c1-6-4-2-3-5-7(6)13-10-15-8(11)14-9(12)16-10/h2-5H,1H3,(H5,11,12,13,14,15,16). The monoisotopic (exact) mass is 216 g/mol. The average molecular weight is 216 g/mol. The van der Waals surface area contributed by atoms with Crippen molar-refractivity contribution in [2.75, 3.05) is 16.8 Å². The zero-order chi connectivity index (χ0) is 11.5. The topological polar surface area (TPSA) is 103 Å². The predicted octanol–water partition coefficient (Wildman–Crippen LogP) is 1.09. The van der Waals surface area contributed by atoms with Gasteiger partial charge < -0.3 is 16.8 Å². The van der Waals surface area contributed by atoms with Crippen LogP contribution in [0.5, 0.6) is 0 Å². The molecule has 5 N–H and O–H groups in total. The Hall–Kier alpha value is -2.37. The molecule has 0 fully saturated rings. The van der Waals surface area contributed by atoms with Crippen LogP contribution in [0, 0.1) is 6.92 Å². The van der Waals surface area contributed by atoms with Crippen molar-refractivity contribution in [3.8, 4) is 0 Å². The van der Waals surface area contributed by atoms with Crippen LogP contribution >= 0.6 is 0 Å². The van der Waals surface area contributed by atoms with Crippen LogP contribution in [0.2, 0.25) is 0 Å². The van der Waals surface area contributed by atoms with Crippen molar-refractivity contribution in [2.45, 2.75) is 6.92 Å². The molecule has 0 aliphatic carbocycles. The molecule has 1 aromatic heterocycles. The normalized spacial score (nSPS) is 10.1. The molecular formula is C10H12N6. The Morgan fingerprint density at radius 1 is 1.00 bits per heavy atom. The van der Waals surface area contributed by atoms with Crippen LogP contribution in [0.15, 0.2) is 24.3 Å². The van der Waals surface area contributed by atoms with E-state index < -0.39 is 0 Å². The number of rotatable bonds is 2. The summed E-state index contributed by atoms with van der Waals surface area (Å²) in [7, 11) is 0. The molecule has 82 valence electrons. The van der Waals surface area contributed by atoms with E-state index in [1.165, 1.54) is 0 Å². The molecule has 0 aliphatic heterocycles. The SMILES string of the molecule is Cc1ccccc1Nc1nc(N)nc(N)n1. The predicted molar refractivity (Wildman–Crippen MR) is 63.1 cm³/mol. The van der Waals surface area contributed by atoms with Gasteiger partial charge in [-0.3, -0.25) is 0 Å². The zero-order valence-electron chi connectivity index (χ0n) is 8.81. The molecule has 0 spiro atoms. The van der Waals surface area contributed by atoms with Crippen molar-refractivity contribution in [2.24, 2.45) is 0 Å². The van der Waals surface area contributed by atoms with E-state index in [2.05, 4.69) is 20.3 Å². The van der Waals surface area contributed by atoms with Gasteiger partial charge >= 0.3 is 0 Å². The molecule has 2 rings (SSSR count). The maximum atomic E-state index is 5.47. The van der Waals surface area contributed by atoms with Gasteiger partial charge in [-0.15, -0.1) is 0 Å². The summed E-state index contributed by atoms with van der Waals surface area (Å²) >= 11 is 0. The Labute approximate surface area is 92.7 Å². The molecule has 1 heterocycles. The lowest BCUT2D eigenvalue weighted by Crippen LogP contribution is -2.06. The number of hydrogen-bond acceptors (Lipinski definition) is 6. The van der Waals surface area contributed by atoms with Crippen LogP contribution in [-0.2, 0) is 0 Å². The number of para-hydroxylation sites is 1. The van der Waals surface area contributed by atoms with E-state index >= 15 is 0 Å². The first-order chi connectivity index (χ1) is 7.65.